The molecule has 3 rings (SSSR count). The summed E-state index contributed by atoms with van der Waals surface area (Å²) < 4.78 is 7.63. The van der Waals surface area contributed by atoms with Crippen molar-refractivity contribution in [2.24, 2.45) is 0 Å². The monoisotopic (exact) mass is 266 g/mol. The van der Waals surface area contributed by atoms with Gasteiger partial charge in [0.2, 0.25) is 0 Å². The number of fused-ring (bicyclic) bond motifs is 1. The molecular weight excluding hydrogens is 248 g/mol. The van der Waals surface area contributed by atoms with Crippen LogP contribution in [0.4, 0.5) is 0 Å². The largest absolute Gasteiger partial charge is 0.389 e. The fourth-order valence-electron chi connectivity index (χ4n) is 2.62. The van der Waals surface area contributed by atoms with E-state index in [1.165, 1.54) is 0 Å². The maximum absolute atomic E-state index is 10.7. The third-order valence-corrected chi connectivity index (χ3v) is 4.41. The third kappa shape index (κ3) is 2.30. The van der Waals surface area contributed by atoms with Gasteiger partial charge in [-0.1, -0.05) is 6.92 Å². The van der Waals surface area contributed by atoms with Crippen molar-refractivity contribution in [3.05, 3.63) is 23.5 Å². The molecule has 2 atom stereocenters. The minimum atomic E-state index is -0.650. The fourth-order valence-corrected chi connectivity index (χ4v) is 3.34. The summed E-state index contributed by atoms with van der Waals surface area (Å²) in [5, 5.41) is 12.7. The van der Waals surface area contributed by atoms with Gasteiger partial charge in [-0.15, -0.1) is 11.3 Å². The molecule has 1 fully saturated rings. The van der Waals surface area contributed by atoms with E-state index in [0.29, 0.717) is 25.9 Å². The summed E-state index contributed by atoms with van der Waals surface area (Å²) in [4.78, 5) is 5.54. The molecular formula is C13H18N2O2S. The zero-order chi connectivity index (χ0) is 12.6. The minimum Gasteiger partial charge on any atom is -0.389 e. The molecule has 2 aromatic heterocycles. The molecule has 18 heavy (non-hydrogen) atoms. The summed E-state index contributed by atoms with van der Waals surface area (Å²) in [5.41, 5.74) is 0.323. The number of hydrogen-bond acceptors (Lipinski definition) is 4. The van der Waals surface area contributed by atoms with Crippen LogP contribution in [-0.2, 0) is 11.2 Å². The van der Waals surface area contributed by atoms with Crippen molar-refractivity contribution in [1.29, 1.82) is 0 Å². The molecule has 1 N–H and O–H groups in total. The van der Waals surface area contributed by atoms with E-state index in [9.17, 15) is 5.11 Å². The number of ether oxygens (including phenoxy) is 1. The summed E-state index contributed by atoms with van der Waals surface area (Å²) in [5.74, 6) is 0. The quantitative estimate of drug-likeness (QED) is 0.927. The first-order valence-electron chi connectivity index (χ1n) is 6.43. The van der Waals surface area contributed by atoms with Crippen molar-refractivity contribution in [2.45, 2.75) is 44.3 Å². The number of rotatable bonds is 3. The molecule has 5 heteroatoms. The molecule has 0 amide bonds. The average molecular weight is 266 g/mol. The van der Waals surface area contributed by atoms with Crippen LogP contribution in [0, 0.1) is 0 Å². The second kappa shape index (κ2) is 4.64. The van der Waals surface area contributed by atoms with Gasteiger partial charge in [0.25, 0.3) is 0 Å². The number of imidazole rings is 1. The lowest BCUT2D eigenvalue weighted by atomic mass is 9.85. The highest BCUT2D eigenvalue weighted by atomic mass is 32.1. The Bertz CT molecular complexity index is 507. The lowest BCUT2D eigenvalue weighted by Gasteiger charge is -2.36. The van der Waals surface area contributed by atoms with E-state index in [1.54, 1.807) is 11.3 Å². The van der Waals surface area contributed by atoms with Gasteiger partial charge in [0.15, 0.2) is 4.96 Å². The number of aliphatic hydroxyl groups is 1. The molecule has 1 aliphatic rings. The zero-order valence-corrected chi connectivity index (χ0v) is 11.3. The second-order valence-corrected chi connectivity index (χ2v) is 5.95. The van der Waals surface area contributed by atoms with Crippen LogP contribution in [0.3, 0.4) is 0 Å². The van der Waals surface area contributed by atoms with E-state index in [4.69, 9.17) is 4.74 Å². The van der Waals surface area contributed by atoms with Crippen LogP contribution >= 0.6 is 11.3 Å². The van der Waals surface area contributed by atoms with E-state index in [0.717, 1.165) is 17.1 Å². The van der Waals surface area contributed by atoms with Crippen LogP contribution in [0.25, 0.3) is 4.96 Å². The molecule has 0 aliphatic carbocycles. The minimum absolute atomic E-state index is 0.187. The maximum Gasteiger partial charge on any atom is 0.193 e. The van der Waals surface area contributed by atoms with Gasteiger partial charge in [-0.3, -0.25) is 4.40 Å². The Morgan fingerprint density at radius 1 is 1.67 bits per heavy atom. The van der Waals surface area contributed by atoms with Gasteiger partial charge in [-0.2, -0.15) is 0 Å². The molecule has 0 radical (unpaired) electrons. The van der Waals surface area contributed by atoms with Gasteiger partial charge >= 0.3 is 0 Å². The van der Waals surface area contributed by atoms with Crippen molar-refractivity contribution in [3.63, 3.8) is 0 Å². The summed E-state index contributed by atoms with van der Waals surface area (Å²) in [6.45, 7) is 2.75. The lowest BCUT2D eigenvalue weighted by Crippen LogP contribution is -2.42. The van der Waals surface area contributed by atoms with Gasteiger partial charge in [0.1, 0.15) is 0 Å². The zero-order valence-electron chi connectivity index (χ0n) is 10.5. The van der Waals surface area contributed by atoms with Crippen molar-refractivity contribution >= 4 is 16.3 Å². The highest BCUT2D eigenvalue weighted by Gasteiger charge is 2.35. The first-order valence-corrected chi connectivity index (χ1v) is 7.31. The molecule has 0 bridgehead atoms. The van der Waals surface area contributed by atoms with E-state index < -0.39 is 5.60 Å². The Morgan fingerprint density at radius 2 is 2.56 bits per heavy atom. The summed E-state index contributed by atoms with van der Waals surface area (Å²) in [7, 11) is 0. The molecule has 2 aromatic rings. The Morgan fingerprint density at radius 3 is 3.33 bits per heavy atom. The van der Waals surface area contributed by atoms with Gasteiger partial charge in [0.05, 0.1) is 17.4 Å². The van der Waals surface area contributed by atoms with Crippen LogP contribution in [0.1, 0.15) is 31.9 Å². The number of thiazole rings is 1. The first kappa shape index (κ1) is 12.1. The van der Waals surface area contributed by atoms with Crippen molar-refractivity contribution in [2.75, 3.05) is 6.61 Å². The molecule has 0 spiro atoms. The molecule has 0 saturated carbocycles. The molecule has 1 aliphatic heterocycles. The summed E-state index contributed by atoms with van der Waals surface area (Å²) >= 11 is 1.62. The molecule has 4 nitrogen and oxygen atoms in total. The molecule has 0 aromatic carbocycles. The number of nitrogens with zero attached hydrogens (tertiary/aromatic N) is 2. The third-order valence-electron chi connectivity index (χ3n) is 3.64. The van der Waals surface area contributed by atoms with Crippen LogP contribution in [0.5, 0.6) is 0 Å². The smallest absolute Gasteiger partial charge is 0.193 e. The standard InChI is InChI=1S/C13H18N2O2S/c1-2-11-8-13(16,3-5-17-11)7-10-9-15-4-6-18-12(15)14-10/h4,6,9,11,16H,2-3,5,7-8H2,1H3. The average Bonchev–Trinajstić information content (AvgIpc) is 2.89. The van der Waals surface area contributed by atoms with Crippen LogP contribution in [-0.4, -0.2) is 32.8 Å². The molecule has 98 valence electrons. The Hall–Kier alpha value is -0.910. The Kier molecular flexibility index (Phi) is 3.13. The summed E-state index contributed by atoms with van der Waals surface area (Å²) in [6, 6.07) is 0. The van der Waals surface area contributed by atoms with Crippen molar-refractivity contribution < 1.29 is 9.84 Å². The predicted octanol–water partition coefficient (Wildman–Crippen LogP) is 2.26. The topological polar surface area (TPSA) is 46.8 Å². The van der Waals surface area contributed by atoms with E-state index in [-0.39, 0.29) is 6.10 Å². The van der Waals surface area contributed by atoms with Crippen LogP contribution in [0.2, 0.25) is 0 Å². The highest BCUT2D eigenvalue weighted by Crippen LogP contribution is 2.29. The van der Waals surface area contributed by atoms with Crippen LogP contribution < -0.4 is 0 Å². The SMILES string of the molecule is CCC1CC(O)(Cc2cn3ccsc3n2)CCO1. The Labute approximate surface area is 110 Å². The van der Waals surface area contributed by atoms with Gasteiger partial charge in [-0.05, 0) is 12.8 Å². The fraction of sp³-hybridized carbons (Fsp3) is 0.615. The number of aromatic nitrogens is 2. The second-order valence-electron chi connectivity index (χ2n) is 5.08. The normalized spacial score (nSPS) is 28.9. The lowest BCUT2D eigenvalue weighted by molar-refractivity contribution is -0.103. The van der Waals surface area contributed by atoms with Crippen molar-refractivity contribution in [3.8, 4) is 0 Å². The Balaban J connectivity index is 1.76. The molecule has 1 saturated heterocycles. The predicted molar refractivity (Wildman–Crippen MR) is 71.0 cm³/mol. The van der Waals surface area contributed by atoms with Gasteiger partial charge in [0, 0.05) is 37.2 Å². The number of hydrogen-bond donors (Lipinski definition) is 1. The maximum atomic E-state index is 10.7. The molecule has 2 unspecified atom stereocenters. The van der Waals surface area contributed by atoms with E-state index in [2.05, 4.69) is 11.9 Å². The summed E-state index contributed by atoms with van der Waals surface area (Å²) in [6.07, 6.45) is 7.21. The highest BCUT2D eigenvalue weighted by molar-refractivity contribution is 7.15. The van der Waals surface area contributed by atoms with Gasteiger partial charge < -0.3 is 9.84 Å². The molecule has 3 heterocycles. The van der Waals surface area contributed by atoms with E-state index >= 15 is 0 Å². The van der Waals surface area contributed by atoms with Crippen molar-refractivity contribution in [1.82, 2.24) is 9.38 Å². The van der Waals surface area contributed by atoms with Crippen LogP contribution in [0.15, 0.2) is 17.8 Å². The van der Waals surface area contributed by atoms with Gasteiger partial charge in [-0.25, -0.2) is 4.98 Å². The first-order chi connectivity index (χ1) is 8.68. The van der Waals surface area contributed by atoms with E-state index in [1.807, 2.05) is 22.2 Å².